The fourth-order valence-electron chi connectivity index (χ4n) is 3.67. The molecular weight excluding hydrogens is 320 g/mol. The average Bonchev–Trinajstić information content (AvgIpc) is 3.24. The van der Waals surface area contributed by atoms with E-state index in [1.807, 2.05) is 7.05 Å². The molecule has 2 aliphatic rings. The molecule has 0 N–H and O–H groups in total. The lowest BCUT2D eigenvalue weighted by atomic mass is 10.2. The molecule has 0 bridgehead atoms. The van der Waals surface area contributed by atoms with Crippen LogP contribution in [0, 0.1) is 0 Å². The highest BCUT2D eigenvalue weighted by atomic mass is 16.5. The number of esters is 2. The zero-order valence-corrected chi connectivity index (χ0v) is 15.9. The van der Waals surface area contributed by atoms with Crippen LogP contribution < -0.4 is 0 Å². The van der Waals surface area contributed by atoms with Gasteiger partial charge in [0.1, 0.15) is 12.1 Å². The number of unbranched alkanes of at least 4 members (excludes halogenated alkanes) is 2. The van der Waals surface area contributed by atoms with E-state index in [0.717, 1.165) is 71.0 Å². The lowest BCUT2D eigenvalue weighted by Crippen LogP contribution is -2.38. The predicted octanol–water partition coefficient (Wildman–Crippen LogP) is 2.21. The quantitative estimate of drug-likeness (QED) is 0.443. The van der Waals surface area contributed by atoms with E-state index in [9.17, 15) is 9.59 Å². The first-order valence-electron chi connectivity index (χ1n) is 9.91. The van der Waals surface area contributed by atoms with Gasteiger partial charge in [-0.25, -0.2) is 0 Å². The second-order valence-corrected chi connectivity index (χ2v) is 7.23. The molecule has 0 aromatic rings. The van der Waals surface area contributed by atoms with E-state index in [1.54, 1.807) is 0 Å². The third kappa shape index (κ3) is 6.26. The average molecular weight is 354 g/mol. The fraction of sp³-hybridized carbons (Fsp3) is 0.895. The highest BCUT2D eigenvalue weighted by Crippen LogP contribution is 2.19. The number of carbonyl (C=O) groups excluding carboxylic acids is 2. The van der Waals surface area contributed by atoms with E-state index < -0.39 is 0 Å². The molecule has 2 fully saturated rings. The molecule has 6 nitrogen and oxygen atoms in total. The number of hydrogen-bond acceptors (Lipinski definition) is 6. The van der Waals surface area contributed by atoms with Gasteiger partial charge in [0.2, 0.25) is 0 Å². The van der Waals surface area contributed by atoms with Gasteiger partial charge in [-0.15, -0.1) is 0 Å². The molecule has 2 atom stereocenters. The molecular formula is C19H34N2O4. The van der Waals surface area contributed by atoms with Crippen molar-refractivity contribution in [2.45, 2.75) is 70.4 Å². The first-order chi connectivity index (χ1) is 12.1. The fourth-order valence-corrected chi connectivity index (χ4v) is 3.67. The molecule has 2 rings (SSSR count). The first kappa shape index (κ1) is 20.2. The second kappa shape index (κ2) is 10.8. The number of likely N-dealkylation sites (tertiary alicyclic amines) is 2. The smallest absolute Gasteiger partial charge is 0.323 e. The van der Waals surface area contributed by atoms with E-state index in [4.69, 9.17) is 9.47 Å². The van der Waals surface area contributed by atoms with Crippen LogP contribution in [0.15, 0.2) is 0 Å². The normalized spacial score (nSPS) is 24.6. The Bertz CT molecular complexity index is 430. The molecule has 2 aliphatic heterocycles. The minimum Gasteiger partial charge on any atom is -0.465 e. The van der Waals surface area contributed by atoms with Crippen molar-refractivity contribution in [3.8, 4) is 0 Å². The Labute approximate surface area is 151 Å². The van der Waals surface area contributed by atoms with Gasteiger partial charge < -0.3 is 9.47 Å². The zero-order valence-electron chi connectivity index (χ0n) is 15.9. The molecule has 0 radical (unpaired) electrons. The summed E-state index contributed by atoms with van der Waals surface area (Å²) in [5, 5.41) is 0. The number of ether oxygens (including phenoxy) is 2. The maximum absolute atomic E-state index is 12.2. The van der Waals surface area contributed by atoms with Crippen LogP contribution in [0.4, 0.5) is 0 Å². The second-order valence-electron chi connectivity index (χ2n) is 7.23. The summed E-state index contributed by atoms with van der Waals surface area (Å²) in [4.78, 5) is 28.5. The molecule has 0 aromatic carbocycles. The van der Waals surface area contributed by atoms with Crippen LogP contribution in [0.25, 0.3) is 0 Å². The maximum atomic E-state index is 12.2. The minimum absolute atomic E-state index is 0.0534. The lowest BCUT2D eigenvalue weighted by molar-refractivity contribution is -0.151. The SMILES string of the molecule is CCCCN1CCCC1C(=O)OCCCCOC(=O)C1CCCN1C. The summed E-state index contributed by atoms with van der Waals surface area (Å²) in [5.74, 6) is -0.201. The van der Waals surface area contributed by atoms with Crippen molar-refractivity contribution in [1.82, 2.24) is 9.80 Å². The molecule has 0 aliphatic carbocycles. The predicted molar refractivity (Wildman–Crippen MR) is 96.3 cm³/mol. The van der Waals surface area contributed by atoms with Crippen molar-refractivity contribution in [2.24, 2.45) is 0 Å². The third-order valence-electron chi connectivity index (χ3n) is 5.25. The summed E-state index contributed by atoms with van der Waals surface area (Å²) < 4.78 is 10.8. The van der Waals surface area contributed by atoms with Crippen molar-refractivity contribution < 1.29 is 19.1 Å². The third-order valence-corrected chi connectivity index (χ3v) is 5.25. The van der Waals surface area contributed by atoms with Crippen molar-refractivity contribution in [3.63, 3.8) is 0 Å². The highest BCUT2D eigenvalue weighted by molar-refractivity contribution is 5.76. The van der Waals surface area contributed by atoms with Crippen LogP contribution in [-0.4, -0.2) is 73.7 Å². The molecule has 0 amide bonds. The molecule has 2 heterocycles. The van der Waals surface area contributed by atoms with Gasteiger partial charge in [0, 0.05) is 0 Å². The Morgan fingerprint density at radius 2 is 1.52 bits per heavy atom. The monoisotopic (exact) mass is 354 g/mol. The summed E-state index contributed by atoms with van der Waals surface area (Å²) in [6, 6.07) is -0.128. The number of rotatable bonds is 10. The van der Waals surface area contributed by atoms with Crippen molar-refractivity contribution in [2.75, 3.05) is 39.9 Å². The van der Waals surface area contributed by atoms with Gasteiger partial charge in [0.25, 0.3) is 0 Å². The van der Waals surface area contributed by atoms with E-state index in [-0.39, 0.29) is 24.0 Å². The van der Waals surface area contributed by atoms with Crippen LogP contribution in [0.3, 0.4) is 0 Å². The van der Waals surface area contributed by atoms with Crippen LogP contribution >= 0.6 is 0 Å². The molecule has 144 valence electrons. The first-order valence-corrected chi connectivity index (χ1v) is 9.91. The Morgan fingerprint density at radius 3 is 2.12 bits per heavy atom. The number of carbonyl (C=O) groups is 2. The van der Waals surface area contributed by atoms with Crippen molar-refractivity contribution in [1.29, 1.82) is 0 Å². The Hall–Kier alpha value is -1.14. The van der Waals surface area contributed by atoms with E-state index in [2.05, 4.69) is 16.7 Å². The van der Waals surface area contributed by atoms with Gasteiger partial charge >= 0.3 is 11.9 Å². The Kier molecular flexibility index (Phi) is 8.68. The Balaban J connectivity index is 1.53. The molecule has 0 saturated carbocycles. The largest absolute Gasteiger partial charge is 0.465 e. The van der Waals surface area contributed by atoms with Crippen LogP contribution in [0.2, 0.25) is 0 Å². The van der Waals surface area contributed by atoms with Crippen molar-refractivity contribution >= 4 is 11.9 Å². The van der Waals surface area contributed by atoms with Gasteiger partial charge in [0.15, 0.2) is 0 Å². The summed E-state index contributed by atoms with van der Waals surface area (Å²) in [6.07, 6.45) is 7.69. The molecule has 2 unspecified atom stereocenters. The van der Waals surface area contributed by atoms with Gasteiger partial charge in [0.05, 0.1) is 13.2 Å². The maximum Gasteiger partial charge on any atom is 0.323 e. The standard InChI is InChI=1S/C19H34N2O4/c1-3-4-12-21-13-8-10-17(21)19(23)25-15-6-5-14-24-18(22)16-9-7-11-20(16)2/h16-17H,3-15H2,1-2H3. The van der Waals surface area contributed by atoms with Crippen LogP contribution in [-0.2, 0) is 19.1 Å². The molecule has 0 aromatic heterocycles. The van der Waals surface area contributed by atoms with Gasteiger partial charge in [-0.05, 0) is 71.6 Å². The summed E-state index contributed by atoms with van der Waals surface area (Å²) in [7, 11) is 1.96. The molecule has 6 heteroatoms. The van der Waals surface area contributed by atoms with Gasteiger partial charge in [-0.1, -0.05) is 13.3 Å². The molecule has 2 saturated heterocycles. The number of hydrogen-bond donors (Lipinski definition) is 0. The zero-order chi connectivity index (χ0) is 18.1. The molecule has 0 spiro atoms. The summed E-state index contributed by atoms with van der Waals surface area (Å²) in [6.45, 7) is 5.95. The van der Waals surface area contributed by atoms with E-state index in [0.29, 0.717) is 13.2 Å². The van der Waals surface area contributed by atoms with Crippen LogP contribution in [0.5, 0.6) is 0 Å². The van der Waals surface area contributed by atoms with Crippen molar-refractivity contribution in [3.05, 3.63) is 0 Å². The topological polar surface area (TPSA) is 59.1 Å². The van der Waals surface area contributed by atoms with Gasteiger partial charge in [-0.3, -0.25) is 19.4 Å². The number of likely N-dealkylation sites (N-methyl/N-ethyl adjacent to an activating group) is 1. The Morgan fingerprint density at radius 1 is 0.920 bits per heavy atom. The summed E-state index contributed by atoms with van der Waals surface area (Å²) >= 11 is 0. The van der Waals surface area contributed by atoms with E-state index >= 15 is 0 Å². The lowest BCUT2D eigenvalue weighted by Gasteiger charge is -2.22. The minimum atomic E-state index is -0.116. The highest BCUT2D eigenvalue weighted by Gasteiger charge is 2.31. The van der Waals surface area contributed by atoms with Crippen LogP contribution in [0.1, 0.15) is 58.3 Å². The van der Waals surface area contributed by atoms with E-state index in [1.165, 1.54) is 0 Å². The van der Waals surface area contributed by atoms with Gasteiger partial charge in [-0.2, -0.15) is 0 Å². The number of nitrogens with zero attached hydrogens (tertiary/aromatic N) is 2. The summed E-state index contributed by atoms with van der Waals surface area (Å²) in [5.41, 5.74) is 0. The molecule has 25 heavy (non-hydrogen) atoms.